The summed E-state index contributed by atoms with van der Waals surface area (Å²) in [4.78, 5) is 23.6. The van der Waals surface area contributed by atoms with Crippen molar-refractivity contribution in [3.05, 3.63) is 58.9 Å². The third kappa shape index (κ3) is 5.60. The number of aromatic nitrogens is 2. The molecule has 0 aliphatic carbocycles. The molecule has 0 unspecified atom stereocenters. The van der Waals surface area contributed by atoms with Gasteiger partial charge in [0.05, 0.1) is 5.69 Å². The molecule has 0 aliphatic rings. The van der Waals surface area contributed by atoms with Crippen LogP contribution in [0.1, 0.15) is 42.3 Å². The van der Waals surface area contributed by atoms with Crippen molar-refractivity contribution in [2.75, 3.05) is 0 Å². The topological polar surface area (TPSA) is 76.0 Å². The lowest BCUT2D eigenvalue weighted by atomic mass is 10.0. The number of hydrogen-bond acceptors (Lipinski definition) is 3. The van der Waals surface area contributed by atoms with Crippen LogP contribution >= 0.6 is 0 Å². The lowest BCUT2D eigenvalue weighted by Gasteiger charge is -2.07. The van der Waals surface area contributed by atoms with Crippen molar-refractivity contribution >= 4 is 17.9 Å². The second kappa shape index (κ2) is 8.28. The molecule has 6 nitrogen and oxygen atoms in total. The summed E-state index contributed by atoms with van der Waals surface area (Å²) in [6, 6.07) is 9.89. The van der Waals surface area contributed by atoms with Gasteiger partial charge in [0.1, 0.15) is 6.54 Å². The lowest BCUT2D eigenvalue weighted by Crippen LogP contribution is -2.42. The van der Waals surface area contributed by atoms with Gasteiger partial charge in [0.25, 0.3) is 11.8 Å². The first kappa shape index (κ1) is 18.4. The average Bonchev–Trinajstić information content (AvgIpc) is 2.88. The fraction of sp³-hybridized carbons (Fsp3) is 0.316. The fourth-order valence-corrected chi connectivity index (χ4v) is 2.35. The Kier molecular flexibility index (Phi) is 6.11. The molecule has 2 rings (SSSR count). The number of aryl methyl sites for hydroxylation is 2. The highest BCUT2D eigenvalue weighted by Gasteiger charge is 2.07. The van der Waals surface area contributed by atoms with Crippen LogP contribution in [0.4, 0.5) is 0 Å². The monoisotopic (exact) mass is 340 g/mol. The van der Waals surface area contributed by atoms with Gasteiger partial charge in [-0.15, -0.1) is 0 Å². The van der Waals surface area contributed by atoms with Gasteiger partial charge >= 0.3 is 0 Å². The predicted molar refractivity (Wildman–Crippen MR) is 97.6 cm³/mol. The van der Waals surface area contributed by atoms with Crippen LogP contribution in [-0.4, -0.2) is 21.6 Å². The van der Waals surface area contributed by atoms with Crippen molar-refractivity contribution in [1.29, 1.82) is 0 Å². The van der Waals surface area contributed by atoms with E-state index >= 15 is 0 Å². The minimum Gasteiger partial charge on any atom is -0.271 e. The van der Waals surface area contributed by atoms with Crippen LogP contribution in [0.25, 0.3) is 6.08 Å². The van der Waals surface area contributed by atoms with Gasteiger partial charge in [0.2, 0.25) is 0 Å². The van der Waals surface area contributed by atoms with E-state index in [9.17, 15) is 9.59 Å². The molecule has 0 spiro atoms. The van der Waals surface area contributed by atoms with Crippen molar-refractivity contribution in [1.82, 2.24) is 20.6 Å². The van der Waals surface area contributed by atoms with Gasteiger partial charge in [0.15, 0.2) is 0 Å². The molecule has 2 N–H and O–H groups in total. The van der Waals surface area contributed by atoms with E-state index in [1.807, 2.05) is 44.2 Å². The second-order valence-corrected chi connectivity index (χ2v) is 6.28. The van der Waals surface area contributed by atoms with E-state index in [0.29, 0.717) is 5.92 Å². The third-order valence-electron chi connectivity index (χ3n) is 3.75. The summed E-state index contributed by atoms with van der Waals surface area (Å²) in [7, 11) is 0. The van der Waals surface area contributed by atoms with Gasteiger partial charge < -0.3 is 0 Å². The normalized spacial score (nSPS) is 11.1. The summed E-state index contributed by atoms with van der Waals surface area (Å²) in [6.07, 6.45) is 3.08. The summed E-state index contributed by atoms with van der Waals surface area (Å²) in [5, 5.41) is 4.20. The number of hydrazine groups is 1. The van der Waals surface area contributed by atoms with E-state index in [1.165, 1.54) is 11.6 Å². The van der Waals surface area contributed by atoms with Crippen molar-refractivity contribution in [3.63, 3.8) is 0 Å². The summed E-state index contributed by atoms with van der Waals surface area (Å²) < 4.78 is 1.59. The third-order valence-corrected chi connectivity index (χ3v) is 3.75. The van der Waals surface area contributed by atoms with Gasteiger partial charge in [-0.2, -0.15) is 5.10 Å². The minimum absolute atomic E-state index is 0.0559. The molecule has 0 aliphatic heterocycles. The SMILES string of the molecule is Cc1cc(C)n(CC(=O)NNC(=O)/C=C/c2ccc(C(C)C)cc2)n1. The number of carbonyl (C=O) groups excluding carboxylic acids is 2. The first-order valence-corrected chi connectivity index (χ1v) is 8.23. The first-order chi connectivity index (χ1) is 11.8. The highest BCUT2D eigenvalue weighted by molar-refractivity contribution is 5.93. The van der Waals surface area contributed by atoms with Crippen LogP contribution in [0, 0.1) is 13.8 Å². The van der Waals surface area contributed by atoms with Gasteiger partial charge in [-0.05, 0) is 43.0 Å². The van der Waals surface area contributed by atoms with Crippen LogP contribution in [-0.2, 0) is 16.1 Å². The van der Waals surface area contributed by atoms with E-state index in [0.717, 1.165) is 17.0 Å². The summed E-state index contributed by atoms with van der Waals surface area (Å²) in [5.41, 5.74) is 8.65. The Morgan fingerprint density at radius 3 is 2.40 bits per heavy atom. The maximum atomic E-state index is 11.8. The van der Waals surface area contributed by atoms with E-state index in [1.54, 1.807) is 10.8 Å². The molecular weight excluding hydrogens is 316 g/mol. The number of nitrogens with zero attached hydrogens (tertiary/aromatic N) is 2. The lowest BCUT2D eigenvalue weighted by molar-refractivity contribution is -0.127. The maximum absolute atomic E-state index is 11.8. The Balaban J connectivity index is 1.81. The zero-order chi connectivity index (χ0) is 18.4. The molecule has 132 valence electrons. The van der Waals surface area contributed by atoms with E-state index in [4.69, 9.17) is 0 Å². The minimum atomic E-state index is -0.394. The smallest absolute Gasteiger partial charge is 0.262 e. The molecule has 0 fully saturated rings. The number of amides is 2. The van der Waals surface area contributed by atoms with Gasteiger partial charge in [0, 0.05) is 11.8 Å². The molecule has 2 amide bonds. The molecule has 0 radical (unpaired) electrons. The number of hydrogen-bond donors (Lipinski definition) is 2. The first-order valence-electron chi connectivity index (χ1n) is 8.23. The quantitative estimate of drug-likeness (QED) is 0.648. The van der Waals surface area contributed by atoms with Crippen LogP contribution in [0.15, 0.2) is 36.4 Å². The van der Waals surface area contributed by atoms with Crippen LogP contribution in [0.3, 0.4) is 0 Å². The van der Waals surface area contributed by atoms with Crippen LogP contribution < -0.4 is 10.9 Å². The largest absolute Gasteiger partial charge is 0.271 e. The Labute approximate surface area is 147 Å². The fourth-order valence-electron chi connectivity index (χ4n) is 2.35. The zero-order valence-electron chi connectivity index (χ0n) is 15.0. The molecule has 0 bridgehead atoms. The van der Waals surface area contributed by atoms with Crippen LogP contribution in [0.2, 0.25) is 0 Å². The molecule has 2 aromatic rings. The Morgan fingerprint density at radius 2 is 1.84 bits per heavy atom. The predicted octanol–water partition coefficient (Wildman–Crippen LogP) is 2.48. The number of nitrogens with one attached hydrogen (secondary N) is 2. The highest BCUT2D eigenvalue weighted by atomic mass is 16.2. The van der Waals surface area contributed by atoms with E-state index in [2.05, 4.69) is 29.8 Å². The van der Waals surface area contributed by atoms with E-state index < -0.39 is 5.91 Å². The van der Waals surface area contributed by atoms with Crippen molar-refractivity contribution in [2.24, 2.45) is 0 Å². The molecular formula is C19H24N4O2. The Morgan fingerprint density at radius 1 is 1.16 bits per heavy atom. The molecule has 0 saturated heterocycles. The molecule has 1 heterocycles. The standard InChI is InChI=1S/C19H24N4O2/c1-13(2)17-8-5-16(6-9-17)7-10-18(24)20-21-19(25)12-23-15(4)11-14(3)22-23/h5-11,13H,12H2,1-4H3,(H,20,24)(H,21,25)/b10-7+. The summed E-state index contributed by atoms with van der Waals surface area (Å²) in [5.74, 6) is -0.261. The Bertz CT molecular complexity index is 773. The zero-order valence-corrected chi connectivity index (χ0v) is 15.0. The molecule has 25 heavy (non-hydrogen) atoms. The van der Waals surface area contributed by atoms with Gasteiger partial charge in [-0.25, -0.2) is 0 Å². The van der Waals surface area contributed by atoms with E-state index in [-0.39, 0.29) is 12.5 Å². The van der Waals surface area contributed by atoms with Crippen molar-refractivity contribution in [3.8, 4) is 0 Å². The van der Waals surface area contributed by atoms with Gasteiger partial charge in [-0.1, -0.05) is 38.1 Å². The average molecular weight is 340 g/mol. The highest BCUT2D eigenvalue weighted by Crippen LogP contribution is 2.15. The van der Waals surface area contributed by atoms with Crippen molar-refractivity contribution in [2.45, 2.75) is 40.2 Å². The van der Waals surface area contributed by atoms with Crippen molar-refractivity contribution < 1.29 is 9.59 Å². The van der Waals surface area contributed by atoms with Crippen LogP contribution in [0.5, 0.6) is 0 Å². The number of benzene rings is 1. The summed E-state index contributed by atoms with van der Waals surface area (Å²) >= 11 is 0. The molecule has 0 saturated carbocycles. The second-order valence-electron chi connectivity index (χ2n) is 6.28. The maximum Gasteiger partial charge on any atom is 0.262 e. The molecule has 1 aromatic heterocycles. The number of carbonyl (C=O) groups is 2. The number of rotatable bonds is 5. The summed E-state index contributed by atoms with van der Waals surface area (Å²) in [6.45, 7) is 8.06. The van der Waals surface area contributed by atoms with Gasteiger partial charge in [-0.3, -0.25) is 25.1 Å². The molecule has 0 atom stereocenters. The Hall–Kier alpha value is -2.89. The molecule has 1 aromatic carbocycles. The molecule has 6 heteroatoms.